The molecule has 0 fully saturated rings. The minimum atomic E-state index is -0.532. The Kier molecular flexibility index (Phi) is 5.85. The van der Waals surface area contributed by atoms with Gasteiger partial charge in [-0.2, -0.15) is 0 Å². The number of esters is 1. The number of amides is 2. The summed E-state index contributed by atoms with van der Waals surface area (Å²) in [6, 6.07) is 6.64. The molecule has 0 bridgehead atoms. The molecule has 134 valence electrons. The van der Waals surface area contributed by atoms with E-state index in [9.17, 15) is 9.59 Å². The third kappa shape index (κ3) is 3.68. The molecule has 1 aliphatic rings. The average Bonchev–Trinajstić information content (AvgIpc) is 2.61. The van der Waals surface area contributed by atoms with Crippen LogP contribution in [0.4, 0.5) is 4.79 Å². The van der Waals surface area contributed by atoms with Crippen molar-refractivity contribution in [1.29, 1.82) is 0 Å². The van der Waals surface area contributed by atoms with Crippen molar-refractivity contribution in [2.75, 3.05) is 27.3 Å². The van der Waals surface area contributed by atoms with Gasteiger partial charge in [-0.3, -0.25) is 0 Å². The van der Waals surface area contributed by atoms with E-state index in [0.29, 0.717) is 23.6 Å². The molecule has 2 amide bonds. The molecule has 0 saturated carbocycles. The van der Waals surface area contributed by atoms with Crippen molar-refractivity contribution < 1.29 is 19.1 Å². The fourth-order valence-corrected chi connectivity index (χ4v) is 2.85. The Balaban J connectivity index is 2.52. The molecule has 0 radical (unpaired) electrons. The Hall–Kier alpha value is -2.76. The van der Waals surface area contributed by atoms with Gasteiger partial charge in [-0.15, -0.1) is 0 Å². The van der Waals surface area contributed by atoms with E-state index in [1.807, 2.05) is 24.3 Å². The lowest BCUT2D eigenvalue weighted by Crippen LogP contribution is -2.47. The van der Waals surface area contributed by atoms with Crippen molar-refractivity contribution in [3.8, 4) is 5.75 Å². The van der Waals surface area contributed by atoms with Gasteiger partial charge in [-0.05, 0) is 31.5 Å². The lowest BCUT2D eigenvalue weighted by Gasteiger charge is -2.39. The number of nitrogens with zero attached hydrogens (tertiary/aromatic N) is 2. The highest BCUT2D eigenvalue weighted by molar-refractivity contribution is 5.94. The quantitative estimate of drug-likeness (QED) is 0.588. The molecule has 0 saturated heterocycles. The lowest BCUT2D eigenvalue weighted by atomic mass is 9.93. The van der Waals surface area contributed by atoms with Crippen LogP contribution in [0.15, 0.2) is 48.2 Å². The van der Waals surface area contributed by atoms with Gasteiger partial charge >= 0.3 is 12.0 Å². The van der Waals surface area contributed by atoms with Crippen LogP contribution in [-0.4, -0.2) is 49.1 Å². The van der Waals surface area contributed by atoms with Gasteiger partial charge in [0.2, 0.25) is 0 Å². The topological polar surface area (TPSA) is 59.1 Å². The number of hydrogen-bond acceptors (Lipinski definition) is 4. The highest BCUT2D eigenvalue weighted by Gasteiger charge is 2.39. The van der Waals surface area contributed by atoms with Gasteiger partial charge in [0.25, 0.3) is 0 Å². The summed E-state index contributed by atoms with van der Waals surface area (Å²) in [6.07, 6.45) is 1.66. The fraction of sp³-hybridized carbons (Fsp3) is 0.368. The molecular weight excluding hydrogens is 320 g/mol. The summed E-state index contributed by atoms with van der Waals surface area (Å²) in [4.78, 5) is 28.1. The Morgan fingerprint density at radius 2 is 2.08 bits per heavy atom. The first-order valence-corrected chi connectivity index (χ1v) is 8.14. The number of carbonyl (C=O) groups is 2. The zero-order valence-corrected chi connectivity index (χ0v) is 15.1. The molecule has 1 heterocycles. The number of carbonyl (C=O) groups excluding carboxylic acids is 2. The molecule has 0 aliphatic carbocycles. The van der Waals surface area contributed by atoms with Gasteiger partial charge in [0, 0.05) is 19.8 Å². The molecule has 1 aromatic rings. The normalized spacial score (nSPS) is 17.6. The van der Waals surface area contributed by atoms with E-state index in [-0.39, 0.29) is 12.6 Å². The summed E-state index contributed by atoms with van der Waals surface area (Å²) < 4.78 is 10.8. The van der Waals surface area contributed by atoms with Gasteiger partial charge in [-0.25, -0.2) is 9.59 Å². The second-order valence-electron chi connectivity index (χ2n) is 5.75. The first-order chi connectivity index (χ1) is 11.9. The number of hydrogen-bond donors (Lipinski definition) is 0. The second kappa shape index (κ2) is 7.88. The number of benzene rings is 1. The number of urea groups is 1. The van der Waals surface area contributed by atoms with Crippen LogP contribution >= 0.6 is 0 Å². The summed E-state index contributed by atoms with van der Waals surface area (Å²) in [5.74, 6) is 0.228. The van der Waals surface area contributed by atoms with E-state index < -0.39 is 12.0 Å². The maximum Gasteiger partial charge on any atom is 0.338 e. The third-order valence-electron chi connectivity index (χ3n) is 4.18. The van der Waals surface area contributed by atoms with Gasteiger partial charge in [0.1, 0.15) is 12.4 Å². The van der Waals surface area contributed by atoms with E-state index in [2.05, 4.69) is 6.58 Å². The maximum atomic E-state index is 12.6. The number of ether oxygens (including phenoxy) is 2. The van der Waals surface area contributed by atoms with Crippen molar-refractivity contribution >= 4 is 12.0 Å². The predicted octanol–water partition coefficient (Wildman–Crippen LogP) is 3.13. The predicted molar refractivity (Wildman–Crippen MR) is 95.1 cm³/mol. The van der Waals surface area contributed by atoms with Crippen LogP contribution in [-0.2, 0) is 9.53 Å². The molecular formula is C19H24N2O4. The first kappa shape index (κ1) is 18.6. The summed E-state index contributed by atoms with van der Waals surface area (Å²) in [5.41, 5.74) is 1.82. The van der Waals surface area contributed by atoms with Crippen LogP contribution in [0.2, 0.25) is 0 Å². The monoisotopic (exact) mass is 344 g/mol. The molecule has 0 N–H and O–H groups in total. The Morgan fingerprint density at radius 3 is 2.72 bits per heavy atom. The van der Waals surface area contributed by atoms with Gasteiger partial charge in [0.05, 0.1) is 18.2 Å². The van der Waals surface area contributed by atoms with Gasteiger partial charge < -0.3 is 19.3 Å². The van der Waals surface area contributed by atoms with Crippen LogP contribution < -0.4 is 4.74 Å². The molecule has 0 unspecified atom stereocenters. The first-order valence-electron chi connectivity index (χ1n) is 8.14. The Labute approximate surface area is 148 Å². The summed E-state index contributed by atoms with van der Waals surface area (Å²) in [5, 5.41) is 0. The average molecular weight is 344 g/mol. The standard InChI is InChI=1S/C19H24N2O4/c1-6-11-25-15-10-8-9-14(12-15)17-16(18(22)24-7-2)13(3)20(4)19(23)21(17)5/h6,8-10,12,17H,1,7,11H2,2-5H3/t17-/m1/s1. The summed E-state index contributed by atoms with van der Waals surface area (Å²) in [7, 11) is 3.32. The van der Waals surface area contributed by atoms with Crippen LogP contribution in [0.5, 0.6) is 5.75 Å². The largest absolute Gasteiger partial charge is 0.490 e. The Morgan fingerprint density at radius 1 is 1.36 bits per heavy atom. The minimum absolute atomic E-state index is 0.187. The Bertz CT molecular complexity index is 711. The summed E-state index contributed by atoms with van der Waals surface area (Å²) in [6.45, 7) is 7.79. The number of likely N-dealkylation sites (N-methyl/N-ethyl adjacent to an activating group) is 1. The van der Waals surface area contributed by atoms with E-state index >= 15 is 0 Å². The molecule has 6 heteroatoms. The van der Waals surface area contributed by atoms with E-state index in [4.69, 9.17) is 9.47 Å². The van der Waals surface area contributed by atoms with Gasteiger partial charge in [0.15, 0.2) is 0 Å². The summed E-state index contributed by atoms with van der Waals surface area (Å²) >= 11 is 0. The second-order valence-corrected chi connectivity index (χ2v) is 5.75. The molecule has 1 aliphatic heterocycles. The number of rotatable bonds is 6. The van der Waals surface area contributed by atoms with Crippen LogP contribution in [0.3, 0.4) is 0 Å². The van der Waals surface area contributed by atoms with Gasteiger partial charge in [-0.1, -0.05) is 24.8 Å². The van der Waals surface area contributed by atoms with Crippen LogP contribution in [0.1, 0.15) is 25.5 Å². The van der Waals surface area contributed by atoms with Crippen molar-refractivity contribution in [1.82, 2.24) is 9.80 Å². The molecule has 6 nitrogen and oxygen atoms in total. The highest BCUT2D eigenvalue weighted by atomic mass is 16.5. The molecule has 0 aromatic heterocycles. The fourth-order valence-electron chi connectivity index (χ4n) is 2.85. The molecule has 2 rings (SSSR count). The minimum Gasteiger partial charge on any atom is -0.490 e. The SMILES string of the molecule is C=CCOc1cccc([C@@H]2C(C(=O)OCC)=C(C)N(C)C(=O)N2C)c1. The van der Waals surface area contributed by atoms with Crippen LogP contribution in [0.25, 0.3) is 0 Å². The zero-order chi connectivity index (χ0) is 18.6. The highest BCUT2D eigenvalue weighted by Crippen LogP contribution is 2.37. The van der Waals surface area contributed by atoms with Crippen molar-refractivity contribution in [2.24, 2.45) is 0 Å². The molecule has 0 spiro atoms. The van der Waals surface area contributed by atoms with Crippen molar-refractivity contribution in [3.63, 3.8) is 0 Å². The molecule has 1 atom stereocenters. The van der Waals surface area contributed by atoms with Crippen LogP contribution in [0, 0.1) is 0 Å². The van der Waals surface area contributed by atoms with Crippen molar-refractivity contribution in [2.45, 2.75) is 19.9 Å². The smallest absolute Gasteiger partial charge is 0.338 e. The zero-order valence-electron chi connectivity index (χ0n) is 15.1. The van der Waals surface area contributed by atoms with E-state index in [0.717, 1.165) is 5.56 Å². The number of allylic oxidation sites excluding steroid dienone is 1. The third-order valence-corrected chi connectivity index (χ3v) is 4.18. The van der Waals surface area contributed by atoms with E-state index in [1.54, 1.807) is 34.0 Å². The molecule has 25 heavy (non-hydrogen) atoms. The van der Waals surface area contributed by atoms with E-state index in [1.165, 1.54) is 9.80 Å². The maximum absolute atomic E-state index is 12.6. The lowest BCUT2D eigenvalue weighted by molar-refractivity contribution is -0.139. The molecule has 1 aromatic carbocycles. The van der Waals surface area contributed by atoms with Crippen molar-refractivity contribution in [3.05, 3.63) is 53.8 Å².